The van der Waals surface area contributed by atoms with Crippen LogP contribution >= 0.6 is 0 Å². The Bertz CT molecular complexity index is 1230. The molecular weight excluding hydrogens is 385 g/mol. The third-order valence-corrected chi connectivity index (χ3v) is 4.75. The molecule has 0 saturated heterocycles. The number of hydrogen-bond donors (Lipinski definition) is 2. The molecule has 1 aromatic heterocycles. The Labute approximate surface area is 171 Å². The highest BCUT2D eigenvalue weighted by molar-refractivity contribution is 6.01. The van der Waals surface area contributed by atoms with Crippen molar-refractivity contribution in [2.75, 3.05) is 0 Å². The first-order valence-electron chi connectivity index (χ1n) is 9.31. The van der Waals surface area contributed by atoms with Gasteiger partial charge in [-0.2, -0.15) is 0 Å². The van der Waals surface area contributed by atoms with Gasteiger partial charge in [-0.25, -0.2) is 4.39 Å². The second-order valence-corrected chi connectivity index (χ2v) is 6.79. The van der Waals surface area contributed by atoms with Crippen molar-refractivity contribution in [1.29, 1.82) is 0 Å². The highest BCUT2D eigenvalue weighted by Gasteiger charge is 2.22. The molecule has 0 aliphatic heterocycles. The van der Waals surface area contributed by atoms with Crippen molar-refractivity contribution in [3.63, 3.8) is 0 Å². The predicted octanol–water partition coefficient (Wildman–Crippen LogP) is 3.95. The van der Waals surface area contributed by atoms with E-state index in [0.29, 0.717) is 5.56 Å². The highest BCUT2D eigenvalue weighted by Crippen LogP contribution is 2.25. The second-order valence-electron chi connectivity index (χ2n) is 6.79. The van der Waals surface area contributed by atoms with Gasteiger partial charge in [0.2, 0.25) is 5.91 Å². The van der Waals surface area contributed by atoms with Gasteiger partial charge in [-0.3, -0.25) is 20.4 Å². The molecule has 4 rings (SSSR count). The average Bonchev–Trinajstić information content (AvgIpc) is 3.14. The van der Waals surface area contributed by atoms with Crippen molar-refractivity contribution < 1.29 is 18.5 Å². The van der Waals surface area contributed by atoms with Gasteiger partial charge in [-0.05, 0) is 47.5 Å². The van der Waals surface area contributed by atoms with Gasteiger partial charge in [0.15, 0.2) is 0 Å². The Morgan fingerprint density at radius 2 is 1.70 bits per heavy atom. The van der Waals surface area contributed by atoms with Crippen LogP contribution in [0, 0.1) is 12.7 Å². The Balaban J connectivity index is 1.47. The summed E-state index contributed by atoms with van der Waals surface area (Å²) in [5.41, 5.74) is 6.66. The molecule has 0 unspecified atom stereocenters. The molecule has 3 aromatic carbocycles. The maximum Gasteiger partial charge on any atom is 0.275 e. The van der Waals surface area contributed by atoms with Crippen molar-refractivity contribution in [2.45, 2.75) is 13.3 Å². The summed E-state index contributed by atoms with van der Waals surface area (Å²) < 4.78 is 18.3. The minimum absolute atomic E-state index is 0.106. The van der Waals surface area contributed by atoms with Gasteiger partial charge in [0, 0.05) is 5.56 Å². The summed E-state index contributed by atoms with van der Waals surface area (Å²) in [6.07, 6.45) is 0.106. The van der Waals surface area contributed by atoms with E-state index in [9.17, 15) is 14.0 Å². The molecule has 150 valence electrons. The monoisotopic (exact) mass is 403 g/mol. The van der Waals surface area contributed by atoms with Gasteiger partial charge in [-0.1, -0.05) is 47.6 Å². The summed E-state index contributed by atoms with van der Waals surface area (Å²) in [4.78, 5) is 25.1. The molecule has 0 bridgehead atoms. The summed E-state index contributed by atoms with van der Waals surface area (Å²) in [6, 6.07) is 19.1. The van der Waals surface area contributed by atoms with Crippen LogP contribution in [0.2, 0.25) is 0 Å². The fraction of sp³-hybridized carbons (Fsp3) is 0.0870. The number of benzene rings is 3. The zero-order chi connectivity index (χ0) is 21.1. The molecule has 0 aliphatic carbocycles. The zero-order valence-corrected chi connectivity index (χ0v) is 16.1. The molecular formula is C23H18FN3O3. The number of carbonyl (C=O) groups is 2. The topological polar surface area (TPSA) is 84.2 Å². The number of aryl methyl sites for hydroxylation is 1. The molecule has 1 heterocycles. The fourth-order valence-electron chi connectivity index (χ4n) is 3.30. The molecule has 0 aliphatic rings. The summed E-state index contributed by atoms with van der Waals surface area (Å²) >= 11 is 0. The number of rotatable bonds is 4. The van der Waals surface area contributed by atoms with Crippen LogP contribution in [0.4, 0.5) is 4.39 Å². The first kappa shape index (κ1) is 19.3. The maximum absolute atomic E-state index is 13.2. The number of nitrogens with zero attached hydrogens (tertiary/aromatic N) is 1. The van der Waals surface area contributed by atoms with Gasteiger partial charge in [0.25, 0.3) is 5.91 Å². The number of hydrogen-bond acceptors (Lipinski definition) is 4. The molecule has 0 radical (unpaired) electrons. The van der Waals surface area contributed by atoms with Crippen LogP contribution in [0.25, 0.3) is 22.0 Å². The Kier molecular flexibility index (Phi) is 5.26. The van der Waals surface area contributed by atoms with Crippen LogP contribution in [-0.4, -0.2) is 17.0 Å². The lowest BCUT2D eigenvalue weighted by Crippen LogP contribution is -2.42. The van der Waals surface area contributed by atoms with Gasteiger partial charge < -0.3 is 4.52 Å². The number of halogens is 1. The minimum atomic E-state index is -0.570. The molecule has 2 N–H and O–H groups in total. The summed E-state index contributed by atoms with van der Waals surface area (Å²) in [5.74, 6) is -1.04. The van der Waals surface area contributed by atoms with E-state index in [-0.39, 0.29) is 29.3 Å². The Morgan fingerprint density at radius 1 is 0.967 bits per heavy atom. The molecule has 0 spiro atoms. The lowest BCUT2D eigenvalue weighted by molar-refractivity contribution is -0.121. The predicted molar refractivity (Wildman–Crippen MR) is 110 cm³/mol. The first-order chi connectivity index (χ1) is 14.5. The summed E-state index contributed by atoms with van der Waals surface area (Å²) in [7, 11) is 0. The van der Waals surface area contributed by atoms with E-state index in [4.69, 9.17) is 4.52 Å². The molecule has 2 amide bonds. The molecule has 6 nitrogen and oxygen atoms in total. The SMILES string of the molecule is Cc1onc(-c2ccc(F)cc2)c1C(=O)NNC(=O)Cc1cccc2ccccc12. The molecule has 30 heavy (non-hydrogen) atoms. The third kappa shape index (κ3) is 3.91. The molecule has 4 aromatic rings. The first-order valence-corrected chi connectivity index (χ1v) is 9.31. The van der Waals surface area contributed by atoms with Crippen LogP contribution in [0.3, 0.4) is 0 Å². The van der Waals surface area contributed by atoms with Crippen LogP contribution in [0.15, 0.2) is 71.3 Å². The van der Waals surface area contributed by atoms with Gasteiger partial charge in [0.1, 0.15) is 22.8 Å². The van der Waals surface area contributed by atoms with Crippen molar-refractivity contribution in [3.8, 4) is 11.3 Å². The van der Waals surface area contributed by atoms with E-state index in [2.05, 4.69) is 16.0 Å². The second kappa shape index (κ2) is 8.16. The maximum atomic E-state index is 13.2. The summed E-state index contributed by atoms with van der Waals surface area (Å²) in [5, 5.41) is 5.91. The summed E-state index contributed by atoms with van der Waals surface area (Å²) in [6.45, 7) is 1.59. The lowest BCUT2D eigenvalue weighted by Gasteiger charge is -2.09. The number of amides is 2. The van der Waals surface area contributed by atoms with E-state index < -0.39 is 11.7 Å². The molecule has 0 atom stereocenters. The number of carbonyl (C=O) groups excluding carboxylic acids is 2. The number of hydrazine groups is 1. The fourth-order valence-corrected chi connectivity index (χ4v) is 3.30. The van der Waals surface area contributed by atoms with E-state index in [0.717, 1.165) is 16.3 Å². The van der Waals surface area contributed by atoms with Crippen LogP contribution in [-0.2, 0) is 11.2 Å². The number of fused-ring (bicyclic) bond motifs is 1. The molecule has 0 fully saturated rings. The minimum Gasteiger partial charge on any atom is -0.360 e. The van der Waals surface area contributed by atoms with Crippen LogP contribution in [0.5, 0.6) is 0 Å². The van der Waals surface area contributed by atoms with Crippen LogP contribution in [0.1, 0.15) is 21.7 Å². The van der Waals surface area contributed by atoms with E-state index in [1.165, 1.54) is 24.3 Å². The average molecular weight is 403 g/mol. The molecule has 0 saturated carbocycles. The van der Waals surface area contributed by atoms with Crippen molar-refractivity contribution in [3.05, 3.63) is 89.4 Å². The smallest absolute Gasteiger partial charge is 0.275 e. The van der Waals surface area contributed by atoms with Crippen molar-refractivity contribution in [2.24, 2.45) is 0 Å². The molecule has 7 heteroatoms. The van der Waals surface area contributed by atoms with E-state index in [1.54, 1.807) is 6.92 Å². The Hall–Kier alpha value is -4.00. The normalized spacial score (nSPS) is 10.7. The quantitative estimate of drug-likeness (QED) is 0.506. The van der Waals surface area contributed by atoms with Gasteiger partial charge >= 0.3 is 0 Å². The zero-order valence-electron chi connectivity index (χ0n) is 16.1. The number of aromatic nitrogens is 1. The van der Waals surface area contributed by atoms with Gasteiger partial charge in [-0.15, -0.1) is 0 Å². The van der Waals surface area contributed by atoms with Crippen molar-refractivity contribution >= 4 is 22.6 Å². The largest absolute Gasteiger partial charge is 0.360 e. The third-order valence-electron chi connectivity index (χ3n) is 4.75. The highest BCUT2D eigenvalue weighted by atomic mass is 19.1. The standard InChI is InChI=1S/C23H18FN3O3/c1-14-21(22(27-30-14)16-9-11-18(24)12-10-16)23(29)26-25-20(28)13-17-7-4-6-15-5-2-3-8-19(15)17/h2-12H,13H2,1H3,(H,25,28)(H,26,29). The van der Waals surface area contributed by atoms with Gasteiger partial charge in [0.05, 0.1) is 6.42 Å². The van der Waals surface area contributed by atoms with Crippen molar-refractivity contribution in [1.82, 2.24) is 16.0 Å². The Morgan fingerprint density at radius 3 is 2.50 bits per heavy atom. The van der Waals surface area contributed by atoms with E-state index >= 15 is 0 Å². The van der Waals surface area contributed by atoms with E-state index in [1.807, 2.05) is 42.5 Å². The lowest BCUT2D eigenvalue weighted by atomic mass is 10.0. The van der Waals surface area contributed by atoms with Crippen LogP contribution < -0.4 is 10.9 Å². The number of nitrogens with one attached hydrogen (secondary N) is 2.